The molecule has 1 fully saturated rings. The third kappa shape index (κ3) is 15.5. The predicted octanol–water partition coefficient (Wildman–Crippen LogP) is 3.40. The van der Waals surface area contributed by atoms with E-state index in [4.69, 9.17) is 10.5 Å². The van der Waals surface area contributed by atoms with Crippen LogP contribution in [-0.2, 0) is 4.74 Å². The molecule has 0 saturated carbocycles. The van der Waals surface area contributed by atoms with Gasteiger partial charge in [0.2, 0.25) is 0 Å². The molecule has 0 aromatic carbocycles. The van der Waals surface area contributed by atoms with Gasteiger partial charge in [-0.2, -0.15) is 0 Å². The first kappa shape index (κ1) is 19.8. The van der Waals surface area contributed by atoms with Crippen molar-refractivity contribution in [2.75, 3.05) is 26.2 Å². The largest absolute Gasteiger partial charge is 0.401 e. The lowest BCUT2D eigenvalue weighted by atomic mass is 10.4. The van der Waals surface area contributed by atoms with Crippen LogP contribution in [0.5, 0.6) is 0 Å². The van der Waals surface area contributed by atoms with E-state index in [1.165, 1.54) is 25.9 Å². The van der Waals surface area contributed by atoms with E-state index >= 15 is 0 Å². The van der Waals surface area contributed by atoms with Crippen molar-refractivity contribution in [2.24, 2.45) is 5.73 Å². The van der Waals surface area contributed by atoms with Gasteiger partial charge in [-0.1, -0.05) is 27.4 Å². The average Bonchev–Trinajstić information content (AvgIpc) is 2.81. The molecule has 0 radical (unpaired) electrons. The summed E-state index contributed by atoms with van der Waals surface area (Å²) < 4.78 is 5.19. The average molecular weight is 258 g/mol. The number of nitrogens with zero attached hydrogens (tertiary/aromatic N) is 1. The zero-order valence-electron chi connectivity index (χ0n) is 13.2. The molecule has 2 N–H and O–H groups in total. The van der Waals surface area contributed by atoms with Crippen LogP contribution in [0.3, 0.4) is 0 Å². The highest BCUT2D eigenvalue weighted by molar-refractivity contribution is 4.90. The van der Waals surface area contributed by atoms with Crippen LogP contribution in [0.15, 0.2) is 12.3 Å². The summed E-state index contributed by atoms with van der Waals surface area (Å²) in [6.07, 6.45) is 4.18. The Morgan fingerprint density at radius 3 is 2.06 bits per heavy atom. The van der Waals surface area contributed by atoms with Crippen molar-refractivity contribution >= 4 is 0 Å². The van der Waals surface area contributed by atoms with Crippen molar-refractivity contribution in [3.05, 3.63) is 12.3 Å². The topological polar surface area (TPSA) is 38.5 Å². The molecule has 0 spiro atoms. The number of ether oxygens (including phenoxy) is 1. The molecule has 1 rings (SSSR count). The molecule has 0 aliphatic carbocycles. The molecular formula is C15H34N2O. The van der Waals surface area contributed by atoms with Crippen LogP contribution in [0.4, 0.5) is 0 Å². The lowest BCUT2D eigenvalue weighted by molar-refractivity contribution is 0.0794. The standard InChI is InChI=1S/C7H14N2.C6H14O.C2H6/c1-7(8)6-9-4-2-3-5-9;1-4-5-7-6(2)3;1-2/h1-6,8H2;6H,4-5H2,1-3H3;1-2H3. The summed E-state index contributed by atoms with van der Waals surface area (Å²) in [5.74, 6) is 0. The molecule has 1 saturated heterocycles. The maximum Gasteiger partial charge on any atom is 0.0518 e. The molecule has 1 aliphatic heterocycles. The Labute approximate surface area is 114 Å². The number of hydrogen-bond acceptors (Lipinski definition) is 3. The van der Waals surface area contributed by atoms with Crippen molar-refractivity contribution in [3.63, 3.8) is 0 Å². The van der Waals surface area contributed by atoms with E-state index in [1.54, 1.807) is 0 Å². The van der Waals surface area contributed by atoms with Crippen molar-refractivity contribution in [3.8, 4) is 0 Å². The molecule has 0 aromatic rings. The van der Waals surface area contributed by atoms with Crippen LogP contribution < -0.4 is 5.73 Å². The number of nitrogens with two attached hydrogens (primary N) is 1. The molecule has 18 heavy (non-hydrogen) atoms. The van der Waals surface area contributed by atoms with Gasteiger partial charge >= 0.3 is 0 Å². The second-order valence-corrected chi connectivity index (χ2v) is 4.56. The van der Waals surface area contributed by atoms with Gasteiger partial charge in [0.25, 0.3) is 0 Å². The van der Waals surface area contributed by atoms with Crippen LogP contribution in [-0.4, -0.2) is 37.2 Å². The van der Waals surface area contributed by atoms with Crippen LogP contribution in [0.25, 0.3) is 0 Å². The third-order valence-corrected chi connectivity index (χ3v) is 2.28. The maximum absolute atomic E-state index is 5.44. The monoisotopic (exact) mass is 258 g/mol. The summed E-state index contributed by atoms with van der Waals surface area (Å²) in [6.45, 7) is 18.1. The quantitative estimate of drug-likeness (QED) is 0.821. The van der Waals surface area contributed by atoms with Gasteiger partial charge in [0.05, 0.1) is 6.10 Å². The molecule has 3 heteroatoms. The highest BCUT2D eigenvalue weighted by Crippen LogP contribution is 2.06. The van der Waals surface area contributed by atoms with E-state index in [-0.39, 0.29) is 0 Å². The van der Waals surface area contributed by atoms with E-state index < -0.39 is 0 Å². The third-order valence-electron chi connectivity index (χ3n) is 2.28. The van der Waals surface area contributed by atoms with Crippen LogP contribution in [0.2, 0.25) is 0 Å². The molecule has 0 atom stereocenters. The smallest absolute Gasteiger partial charge is 0.0518 e. The van der Waals surface area contributed by atoms with Gasteiger partial charge in [-0.25, -0.2) is 0 Å². The highest BCUT2D eigenvalue weighted by Gasteiger charge is 2.10. The zero-order valence-corrected chi connectivity index (χ0v) is 13.2. The maximum atomic E-state index is 5.44. The van der Waals surface area contributed by atoms with E-state index in [0.29, 0.717) is 6.10 Å². The molecule has 1 aliphatic rings. The second-order valence-electron chi connectivity index (χ2n) is 4.56. The van der Waals surface area contributed by atoms with Crippen LogP contribution >= 0.6 is 0 Å². The van der Waals surface area contributed by atoms with Gasteiger partial charge in [0.15, 0.2) is 0 Å². The Bertz CT molecular complexity index is 175. The summed E-state index contributed by atoms with van der Waals surface area (Å²) in [5, 5.41) is 0. The van der Waals surface area contributed by atoms with Crippen molar-refractivity contribution in [2.45, 2.75) is 60.0 Å². The highest BCUT2D eigenvalue weighted by atomic mass is 16.5. The Hall–Kier alpha value is -0.540. The van der Waals surface area contributed by atoms with Gasteiger partial charge in [-0.05, 0) is 46.2 Å². The minimum Gasteiger partial charge on any atom is -0.401 e. The predicted molar refractivity (Wildman–Crippen MR) is 81.7 cm³/mol. The SMILES string of the molecule is C=C(N)CN1CCCC1.CC.CCCOC(C)C. The zero-order chi connectivity index (χ0) is 14.4. The fraction of sp³-hybridized carbons (Fsp3) is 0.867. The lowest BCUT2D eigenvalue weighted by Crippen LogP contribution is -2.24. The molecule has 0 bridgehead atoms. The van der Waals surface area contributed by atoms with E-state index in [1.807, 2.05) is 13.8 Å². The van der Waals surface area contributed by atoms with Crippen molar-refractivity contribution in [1.82, 2.24) is 4.90 Å². The lowest BCUT2D eigenvalue weighted by Gasteiger charge is -2.12. The summed E-state index contributed by atoms with van der Waals surface area (Å²) in [6, 6.07) is 0. The molecule has 0 aromatic heterocycles. The van der Waals surface area contributed by atoms with E-state index in [2.05, 4.69) is 32.3 Å². The fourth-order valence-electron chi connectivity index (χ4n) is 1.58. The first-order chi connectivity index (χ1) is 8.56. The van der Waals surface area contributed by atoms with Gasteiger partial charge in [0.1, 0.15) is 0 Å². The second kappa shape index (κ2) is 14.5. The minimum atomic E-state index is 0.403. The van der Waals surface area contributed by atoms with Crippen molar-refractivity contribution in [1.29, 1.82) is 0 Å². The molecule has 1 heterocycles. The number of rotatable bonds is 5. The van der Waals surface area contributed by atoms with Gasteiger partial charge in [-0.15, -0.1) is 0 Å². The van der Waals surface area contributed by atoms with Crippen molar-refractivity contribution < 1.29 is 4.74 Å². The first-order valence-electron chi connectivity index (χ1n) is 7.33. The van der Waals surface area contributed by atoms with Gasteiger partial charge in [0, 0.05) is 18.8 Å². The van der Waals surface area contributed by atoms with Gasteiger partial charge < -0.3 is 10.5 Å². The van der Waals surface area contributed by atoms with E-state index in [9.17, 15) is 0 Å². The molecular weight excluding hydrogens is 224 g/mol. The molecule has 3 nitrogen and oxygen atoms in total. The van der Waals surface area contributed by atoms with E-state index in [0.717, 1.165) is 25.3 Å². The van der Waals surface area contributed by atoms with Gasteiger partial charge in [-0.3, -0.25) is 4.90 Å². The number of likely N-dealkylation sites (tertiary alicyclic amines) is 1. The number of hydrogen-bond donors (Lipinski definition) is 1. The normalized spacial score (nSPS) is 14.6. The summed E-state index contributed by atoms with van der Waals surface area (Å²) in [5.41, 5.74) is 6.22. The first-order valence-corrected chi connectivity index (χ1v) is 7.33. The van der Waals surface area contributed by atoms with Crippen LogP contribution in [0, 0.1) is 0 Å². The minimum absolute atomic E-state index is 0.403. The molecule has 0 amide bonds. The Balaban J connectivity index is 0. The Morgan fingerprint density at radius 1 is 1.28 bits per heavy atom. The van der Waals surface area contributed by atoms with Crippen LogP contribution in [0.1, 0.15) is 53.9 Å². The summed E-state index contributed by atoms with van der Waals surface area (Å²) in [4.78, 5) is 2.34. The fourth-order valence-corrected chi connectivity index (χ4v) is 1.58. The Kier molecular flexibility index (Phi) is 16.0. The Morgan fingerprint density at radius 2 is 1.78 bits per heavy atom. The summed E-state index contributed by atoms with van der Waals surface area (Å²) >= 11 is 0. The molecule has 0 unspecified atom stereocenters. The summed E-state index contributed by atoms with van der Waals surface area (Å²) in [7, 11) is 0. The molecule has 110 valence electrons.